The number of aliphatic hydroxyl groups excluding tert-OH is 2. The number of rotatable bonds is 8. The van der Waals surface area contributed by atoms with Gasteiger partial charge in [-0.3, -0.25) is 0 Å². The normalized spacial score (nSPS) is 11.7. The van der Waals surface area contributed by atoms with Crippen molar-refractivity contribution in [2.24, 2.45) is 0 Å². The minimum absolute atomic E-state index is 0.135. The van der Waals surface area contributed by atoms with Crippen LogP contribution < -0.4 is 5.32 Å². The van der Waals surface area contributed by atoms with Gasteiger partial charge in [-0.15, -0.1) is 0 Å². The molecule has 2 aromatic carbocycles. The van der Waals surface area contributed by atoms with Crippen LogP contribution in [0.1, 0.15) is 41.2 Å². The monoisotopic (exact) mass is 442 g/mol. The Kier molecular flexibility index (Phi) is 7.33. The van der Waals surface area contributed by atoms with E-state index in [9.17, 15) is 5.11 Å². The molecule has 1 atom stereocenters. The molecule has 4 rings (SSSR count). The van der Waals surface area contributed by atoms with Crippen LogP contribution in [0.15, 0.2) is 71.5 Å². The summed E-state index contributed by atoms with van der Waals surface area (Å²) in [6.45, 7) is 3.61. The fraction of sp³-hybridized carbons (Fsp3) is 0.231. The van der Waals surface area contributed by atoms with Gasteiger partial charge in [0.15, 0.2) is 5.76 Å². The molecule has 7 nitrogen and oxygen atoms in total. The zero-order valence-corrected chi connectivity index (χ0v) is 18.4. The number of aliphatic hydroxyl groups is 2. The second-order valence-electron chi connectivity index (χ2n) is 7.70. The Morgan fingerprint density at radius 2 is 1.76 bits per heavy atom. The molecule has 0 radical (unpaired) electrons. The summed E-state index contributed by atoms with van der Waals surface area (Å²) in [5.41, 5.74) is 4.68. The molecule has 33 heavy (non-hydrogen) atoms. The number of hydrogen-bond donors (Lipinski definition) is 3. The number of hydrogen-bond acceptors (Lipinski definition) is 6. The van der Waals surface area contributed by atoms with Crippen molar-refractivity contribution in [3.05, 3.63) is 95.2 Å². The molecule has 2 aromatic heterocycles. The highest BCUT2D eigenvalue weighted by atomic mass is 16.5. The lowest BCUT2D eigenvalue weighted by atomic mass is 10.1. The van der Waals surface area contributed by atoms with E-state index in [4.69, 9.17) is 9.63 Å². The van der Waals surface area contributed by atoms with Gasteiger partial charge in [-0.2, -0.15) is 0 Å². The molecule has 0 saturated carbocycles. The molecule has 3 N–H and O–H groups in total. The maximum Gasteiger partial charge on any atom is 0.167 e. The Morgan fingerprint density at radius 3 is 2.42 bits per heavy atom. The van der Waals surface area contributed by atoms with Gasteiger partial charge in [-0.05, 0) is 48.9 Å². The lowest BCUT2D eigenvalue weighted by Crippen LogP contribution is -2.17. The standard InChI is InChI=1S/C26H26N4O3/c1-19(32)26-28-12-14-30(26)18-24-16-25(33-29-24)23-10-8-21(9-11-23)3-2-20-4-6-22(7-5-20)17-27-13-15-31/h4-12,14,16,19,27,31-32H,13,15,17-18H2,1H3/t19-/m0/s1. The molecule has 0 aliphatic heterocycles. The number of imidazole rings is 1. The Morgan fingerprint density at radius 1 is 1.06 bits per heavy atom. The second kappa shape index (κ2) is 10.7. The van der Waals surface area contributed by atoms with E-state index in [0.29, 0.717) is 24.7 Å². The Labute approximate surface area is 192 Å². The van der Waals surface area contributed by atoms with Crippen LogP contribution in [0, 0.1) is 11.8 Å². The third-order valence-corrected chi connectivity index (χ3v) is 5.10. The van der Waals surface area contributed by atoms with E-state index in [0.717, 1.165) is 34.5 Å². The van der Waals surface area contributed by atoms with Gasteiger partial charge in [0.05, 0.1) is 13.2 Å². The van der Waals surface area contributed by atoms with E-state index >= 15 is 0 Å². The predicted molar refractivity (Wildman–Crippen MR) is 125 cm³/mol. The van der Waals surface area contributed by atoms with Crippen molar-refractivity contribution in [3.63, 3.8) is 0 Å². The first kappa shape index (κ1) is 22.5. The maximum atomic E-state index is 9.80. The number of aromatic nitrogens is 3. The summed E-state index contributed by atoms with van der Waals surface area (Å²) in [6, 6.07) is 17.8. The summed E-state index contributed by atoms with van der Waals surface area (Å²) in [5, 5.41) is 25.9. The van der Waals surface area contributed by atoms with E-state index in [1.807, 2.05) is 65.4 Å². The quantitative estimate of drug-likeness (QED) is 0.287. The maximum absolute atomic E-state index is 9.80. The molecular formula is C26H26N4O3. The first-order chi connectivity index (χ1) is 16.1. The van der Waals surface area contributed by atoms with Crippen LogP contribution in [0.4, 0.5) is 0 Å². The average Bonchev–Trinajstić information content (AvgIpc) is 3.49. The SMILES string of the molecule is C[C@H](O)c1nccn1Cc1cc(-c2ccc(C#Cc3ccc(CNCCO)cc3)cc2)on1. The zero-order valence-electron chi connectivity index (χ0n) is 18.4. The molecule has 0 spiro atoms. The topological polar surface area (TPSA) is 96.3 Å². The van der Waals surface area contributed by atoms with Gasteiger partial charge in [0, 0.05) is 48.2 Å². The van der Waals surface area contributed by atoms with Crippen molar-refractivity contribution in [1.82, 2.24) is 20.0 Å². The smallest absolute Gasteiger partial charge is 0.167 e. The van der Waals surface area contributed by atoms with Gasteiger partial charge in [-0.25, -0.2) is 4.98 Å². The summed E-state index contributed by atoms with van der Waals surface area (Å²) in [6.07, 6.45) is 2.83. The summed E-state index contributed by atoms with van der Waals surface area (Å²) >= 11 is 0. The van der Waals surface area contributed by atoms with Crippen LogP contribution in [0.5, 0.6) is 0 Å². The third-order valence-electron chi connectivity index (χ3n) is 5.10. The van der Waals surface area contributed by atoms with Gasteiger partial charge in [0.2, 0.25) is 0 Å². The number of benzene rings is 2. The van der Waals surface area contributed by atoms with Crippen LogP contribution in [0.3, 0.4) is 0 Å². The Hall–Kier alpha value is -3.70. The summed E-state index contributed by atoms with van der Waals surface area (Å²) in [4.78, 5) is 4.18. The van der Waals surface area contributed by atoms with Crippen molar-refractivity contribution in [1.29, 1.82) is 0 Å². The highest BCUT2D eigenvalue weighted by molar-refractivity contribution is 5.59. The van der Waals surface area contributed by atoms with Crippen molar-refractivity contribution in [2.75, 3.05) is 13.2 Å². The van der Waals surface area contributed by atoms with Gasteiger partial charge >= 0.3 is 0 Å². The van der Waals surface area contributed by atoms with Crippen molar-refractivity contribution in [3.8, 4) is 23.2 Å². The Balaban J connectivity index is 1.39. The summed E-state index contributed by atoms with van der Waals surface area (Å²) in [5.74, 6) is 7.63. The van der Waals surface area contributed by atoms with E-state index in [1.54, 1.807) is 13.1 Å². The predicted octanol–water partition coefficient (Wildman–Crippen LogP) is 3.12. The second-order valence-corrected chi connectivity index (χ2v) is 7.70. The molecule has 4 aromatic rings. The molecular weight excluding hydrogens is 416 g/mol. The van der Waals surface area contributed by atoms with Crippen LogP contribution in [-0.2, 0) is 13.1 Å². The minimum atomic E-state index is -0.646. The molecule has 0 fully saturated rings. The zero-order chi connectivity index (χ0) is 23.0. The van der Waals surface area contributed by atoms with E-state index in [-0.39, 0.29) is 6.61 Å². The number of nitrogens with one attached hydrogen (secondary N) is 1. The van der Waals surface area contributed by atoms with E-state index in [2.05, 4.69) is 27.3 Å². The Bertz CT molecular complexity index is 1230. The average molecular weight is 443 g/mol. The first-order valence-electron chi connectivity index (χ1n) is 10.8. The summed E-state index contributed by atoms with van der Waals surface area (Å²) < 4.78 is 7.36. The lowest BCUT2D eigenvalue weighted by Gasteiger charge is -2.07. The highest BCUT2D eigenvalue weighted by Gasteiger charge is 2.12. The van der Waals surface area contributed by atoms with E-state index in [1.165, 1.54) is 0 Å². The largest absolute Gasteiger partial charge is 0.395 e. The van der Waals surface area contributed by atoms with Gasteiger partial charge in [-0.1, -0.05) is 29.1 Å². The van der Waals surface area contributed by atoms with Gasteiger partial charge in [0.25, 0.3) is 0 Å². The van der Waals surface area contributed by atoms with Crippen molar-refractivity contribution < 1.29 is 14.7 Å². The molecule has 0 unspecified atom stereocenters. The van der Waals surface area contributed by atoms with Gasteiger partial charge in [0.1, 0.15) is 17.6 Å². The fourth-order valence-electron chi connectivity index (χ4n) is 3.40. The molecule has 0 saturated heterocycles. The van der Waals surface area contributed by atoms with Crippen LogP contribution in [0.2, 0.25) is 0 Å². The molecule has 0 aliphatic rings. The molecule has 7 heteroatoms. The van der Waals surface area contributed by atoms with E-state index < -0.39 is 6.10 Å². The lowest BCUT2D eigenvalue weighted by molar-refractivity contribution is 0.184. The highest BCUT2D eigenvalue weighted by Crippen LogP contribution is 2.22. The van der Waals surface area contributed by atoms with Crippen LogP contribution in [0.25, 0.3) is 11.3 Å². The van der Waals surface area contributed by atoms with Crippen molar-refractivity contribution in [2.45, 2.75) is 26.1 Å². The number of nitrogens with zero attached hydrogens (tertiary/aromatic N) is 3. The third kappa shape index (κ3) is 5.96. The van der Waals surface area contributed by atoms with Gasteiger partial charge < -0.3 is 24.6 Å². The molecule has 0 amide bonds. The molecule has 2 heterocycles. The molecule has 0 bridgehead atoms. The summed E-state index contributed by atoms with van der Waals surface area (Å²) in [7, 11) is 0. The van der Waals surface area contributed by atoms with Crippen LogP contribution in [-0.4, -0.2) is 38.1 Å². The fourth-order valence-corrected chi connectivity index (χ4v) is 3.40. The molecule has 0 aliphatic carbocycles. The molecule has 168 valence electrons. The van der Waals surface area contributed by atoms with Crippen LogP contribution >= 0.6 is 0 Å². The first-order valence-corrected chi connectivity index (χ1v) is 10.8. The minimum Gasteiger partial charge on any atom is -0.395 e. The van der Waals surface area contributed by atoms with Crippen molar-refractivity contribution >= 4 is 0 Å².